The largest absolute Gasteiger partial charge is 0.278 e. The maximum atomic E-state index is 11.7. The van der Waals surface area contributed by atoms with E-state index in [-0.39, 0.29) is 5.92 Å². The summed E-state index contributed by atoms with van der Waals surface area (Å²) >= 11 is 0. The molecule has 1 saturated heterocycles. The maximum absolute atomic E-state index is 11.7. The highest BCUT2D eigenvalue weighted by Crippen LogP contribution is 2.37. The molecule has 0 bridgehead atoms. The highest BCUT2D eigenvalue weighted by molar-refractivity contribution is 5.78. The molecule has 2 rings (SSSR count). The number of nitrogens with zero attached hydrogens (tertiary/aromatic N) is 1. The summed E-state index contributed by atoms with van der Waals surface area (Å²) in [5.74, 6) is 1.23. The lowest BCUT2D eigenvalue weighted by Crippen LogP contribution is -2.40. The molecule has 0 aromatic rings. The van der Waals surface area contributed by atoms with E-state index in [0.29, 0.717) is 11.8 Å². The van der Waals surface area contributed by atoms with Gasteiger partial charge in [-0.25, -0.2) is 5.43 Å². The zero-order valence-corrected chi connectivity index (χ0v) is 7.55. The van der Waals surface area contributed by atoms with Crippen LogP contribution in [-0.4, -0.2) is 24.0 Å². The summed E-state index contributed by atoms with van der Waals surface area (Å²) in [5.41, 5.74) is 3.10. The molecule has 0 aromatic carbocycles. The second-order valence-electron chi connectivity index (χ2n) is 3.88. The van der Waals surface area contributed by atoms with Gasteiger partial charge in [0.15, 0.2) is 0 Å². The number of hydrogen-bond acceptors (Lipinski definition) is 2. The first kappa shape index (κ1) is 8.05. The van der Waals surface area contributed by atoms with Crippen molar-refractivity contribution in [3.8, 4) is 0 Å². The molecule has 1 N–H and O–H groups in total. The Morgan fingerprint density at radius 3 is 2.83 bits per heavy atom. The molecule has 1 aliphatic carbocycles. The van der Waals surface area contributed by atoms with Crippen molar-refractivity contribution in [2.75, 3.05) is 13.1 Å². The first-order valence-corrected chi connectivity index (χ1v) is 4.84. The predicted octanol–water partition coefficient (Wildman–Crippen LogP) is 0.769. The van der Waals surface area contributed by atoms with Gasteiger partial charge in [-0.2, -0.15) is 0 Å². The van der Waals surface area contributed by atoms with Crippen LogP contribution in [-0.2, 0) is 4.79 Å². The van der Waals surface area contributed by atoms with Crippen molar-refractivity contribution in [3.63, 3.8) is 0 Å². The van der Waals surface area contributed by atoms with Crippen LogP contribution in [0, 0.1) is 11.8 Å². The molecular weight excluding hydrogens is 152 g/mol. The molecule has 1 unspecified atom stereocenters. The molecule has 1 amide bonds. The second kappa shape index (κ2) is 3.05. The number of nitrogens with one attached hydrogen (secondary N) is 1. The van der Waals surface area contributed by atoms with Crippen LogP contribution in [0.15, 0.2) is 0 Å². The third-order valence-corrected chi connectivity index (χ3v) is 2.85. The minimum atomic E-state index is 0.246. The van der Waals surface area contributed by atoms with Crippen LogP contribution in [0.4, 0.5) is 0 Å². The number of carbonyl (C=O) groups is 1. The van der Waals surface area contributed by atoms with Gasteiger partial charge in [0.1, 0.15) is 0 Å². The highest BCUT2D eigenvalue weighted by Gasteiger charge is 2.35. The monoisotopic (exact) mass is 168 g/mol. The lowest BCUT2D eigenvalue weighted by molar-refractivity contribution is -0.137. The van der Waals surface area contributed by atoms with Crippen molar-refractivity contribution in [2.24, 2.45) is 11.8 Å². The fourth-order valence-electron chi connectivity index (χ4n) is 1.76. The van der Waals surface area contributed by atoms with Crippen molar-refractivity contribution in [3.05, 3.63) is 0 Å². The third-order valence-electron chi connectivity index (χ3n) is 2.85. The Hall–Kier alpha value is -0.570. The SMILES string of the molecule is CC(C(=O)N1CCCN1)C1CC1. The lowest BCUT2D eigenvalue weighted by atomic mass is 10.1. The van der Waals surface area contributed by atoms with Gasteiger partial charge in [0.05, 0.1) is 0 Å². The normalized spacial score (nSPS) is 25.9. The lowest BCUT2D eigenvalue weighted by Gasteiger charge is -2.19. The number of rotatable bonds is 2. The average Bonchev–Trinajstić information content (AvgIpc) is 2.79. The molecule has 1 atom stereocenters. The molecule has 12 heavy (non-hydrogen) atoms. The van der Waals surface area contributed by atoms with Crippen LogP contribution in [0.25, 0.3) is 0 Å². The van der Waals surface area contributed by atoms with Crippen LogP contribution >= 0.6 is 0 Å². The fourth-order valence-corrected chi connectivity index (χ4v) is 1.76. The van der Waals surface area contributed by atoms with Gasteiger partial charge < -0.3 is 0 Å². The summed E-state index contributed by atoms with van der Waals surface area (Å²) in [7, 11) is 0. The van der Waals surface area contributed by atoms with Gasteiger partial charge >= 0.3 is 0 Å². The summed E-state index contributed by atoms with van der Waals surface area (Å²) in [5, 5.41) is 1.79. The zero-order chi connectivity index (χ0) is 8.55. The van der Waals surface area contributed by atoms with Crippen molar-refractivity contribution >= 4 is 5.91 Å². The number of amides is 1. The third kappa shape index (κ3) is 1.46. The van der Waals surface area contributed by atoms with Crippen molar-refractivity contribution in [2.45, 2.75) is 26.2 Å². The Labute approximate surface area is 73.1 Å². The quantitative estimate of drug-likeness (QED) is 0.660. The first-order chi connectivity index (χ1) is 5.79. The van der Waals surface area contributed by atoms with Crippen molar-refractivity contribution in [1.29, 1.82) is 0 Å². The van der Waals surface area contributed by atoms with Crippen LogP contribution in [0.3, 0.4) is 0 Å². The van der Waals surface area contributed by atoms with E-state index in [1.807, 2.05) is 0 Å². The topological polar surface area (TPSA) is 32.3 Å². The average molecular weight is 168 g/mol. The van der Waals surface area contributed by atoms with Crippen molar-refractivity contribution in [1.82, 2.24) is 10.4 Å². The Balaban J connectivity index is 1.88. The van der Waals surface area contributed by atoms with Gasteiger partial charge in [0, 0.05) is 19.0 Å². The molecule has 68 valence electrons. The molecule has 0 radical (unpaired) electrons. The minimum absolute atomic E-state index is 0.246. The summed E-state index contributed by atoms with van der Waals surface area (Å²) in [6.45, 7) is 3.92. The molecule has 3 nitrogen and oxygen atoms in total. The Kier molecular flexibility index (Phi) is 2.05. The molecule has 2 aliphatic rings. The van der Waals surface area contributed by atoms with Gasteiger partial charge in [-0.05, 0) is 25.2 Å². The van der Waals surface area contributed by atoms with E-state index in [0.717, 1.165) is 19.5 Å². The summed E-state index contributed by atoms with van der Waals surface area (Å²) < 4.78 is 0. The van der Waals surface area contributed by atoms with E-state index >= 15 is 0 Å². The van der Waals surface area contributed by atoms with E-state index in [2.05, 4.69) is 12.3 Å². The predicted molar refractivity (Wildman–Crippen MR) is 46.2 cm³/mol. The van der Waals surface area contributed by atoms with Gasteiger partial charge in [-0.1, -0.05) is 6.92 Å². The fraction of sp³-hybridized carbons (Fsp3) is 0.889. The Bertz CT molecular complexity index is 179. The molecular formula is C9H16N2O. The molecule has 1 aliphatic heterocycles. The Morgan fingerprint density at radius 2 is 2.33 bits per heavy atom. The first-order valence-electron chi connectivity index (χ1n) is 4.84. The zero-order valence-electron chi connectivity index (χ0n) is 7.55. The van der Waals surface area contributed by atoms with E-state index < -0.39 is 0 Å². The molecule has 0 spiro atoms. The van der Waals surface area contributed by atoms with Crippen LogP contribution < -0.4 is 5.43 Å². The molecule has 1 saturated carbocycles. The molecule has 3 heteroatoms. The number of carbonyl (C=O) groups excluding carboxylic acids is 1. The minimum Gasteiger partial charge on any atom is -0.278 e. The maximum Gasteiger partial charge on any atom is 0.239 e. The molecule has 1 heterocycles. The van der Waals surface area contributed by atoms with Crippen LogP contribution in [0.5, 0.6) is 0 Å². The molecule has 0 aromatic heterocycles. The van der Waals surface area contributed by atoms with Gasteiger partial charge in [-0.15, -0.1) is 0 Å². The standard InChI is InChI=1S/C9H16N2O/c1-7(8-3-4-8)9(12)11-6-2-5-10-11/h7-8,10H,2-6H2,1H3. The van der Waals surface area contributed by atoms with Gasteiger partial charge in [0.25, 0.3) is 0 Å². The summed E-state index contributed by atoms with van der Waals surface area (Å²) in [6, 6.07) is 0. The van der Waals surface area contributed by atoms with Crippen LogP contribution in [0.1, 0.15) is 26.2 Å². The smallest absolute Gasteiger partial charge is 0.239 e. The number of hydrogen-bond donors (Lipinski definition) is 1. The Morgan fingerprint density at radius 1 is 1.58 bits per heavy atom. The van der Waals surface area contributed by atoms with E-state index in [4.69, 9.17) is 0 Å². The second-order valence-corrected chi connectivity index (χ2v) is 3.88. The van der Waals surface area contributed by atoms with Crippen LogP contribution in [0.2, 0.25) is 0 Å². The van der Waals surface area contributed by atoms with E-state index in [1.165, 1.54) is 12.8 Å². The van der Waals surface area contributed by atoms with Gasteiger partial charge in [-0.3, -0.25) is 9.80 Å². The van der Waals surface area contributed by atoms with E-state index in [9.17, 15) is 4.79 Å². The van der Waals surface area contributed by atoms with E-state index in [1.54, 1.807) is 5.01 Å². The molecule has 2 fully saturated rings. The summed E-state index contributed by atoms with van der Waals surface area (Å²) in [4.78, 5) is 11.7. The van der Waals surface area contributed by atoms with Crippen molar-refractivity contribution < 1.29 is 4.79 Å². The summed E-state index contributed by atoms with van der Waals surface area (Å²) in [6.07, 6.45) is 3.60. The number of hydrazine groups is 1. The van der Waals surface area contributed by atoms with Gasteiger partial charge in [0.2, 0.25) is 5.91 Å². The highest BCUT2D eigenvalue weighted by atomic mass is 16.2.